The van der Waals surface area contributed by atoms with Crippen LogP contribution >= 0.6 is 34.2 Å². The largest absolute Gasteiger partial charge is 0.462 e. The van der Waals surface area contributed by atoms with Gasteiger partial charge < -0.3 is 4.74 Å². The third-order valence-electron chi connectivity index (χ3n) is 2.46. The van der Waals surface area contributed by atoms with Gasteiger partial charge in [0.15, 0.2) is 0 Å². The number of hydrogen-bond donors (Lipinski definition) is 0. The molecular formula is C12H15ClINO2. The summed E-state index contributed by atoms with van der Waals surface area (Å²) in [6, 6.07) is 0. The number of hydrogen-bond acceptors (Lipinski definition) is 3. The van der Waals surface area contributed by atoms with E-state index in [0.29, 0.717) is 22.9 Å². The van der Waals surface area contributed by atoms with Crippen LogP contribution in [0.15, 0.2) is 0 Å². The molecule has 0 aliphatic rings. The van der Waals surface area contributed by atoms with Gasteiger partial charge >= 0.3 is 5.97 Å². The minimum atomic E-state index is -0.391. The normalized spacial score (nSPS) is 10.4. The monoisotopic (exact) mass is 367 g/mol. The second kappa shape index (κ2) is 6.54. The number of nitrogens with zero attached hydrogens (tertiary/aromatic N) is 1. The van der Waals surface area contributed by atoms with E-state index in [9.17, 15) is 4.79 Å². The highest BCUT2D eigenvalue weighted by molar-refractivity contribution is 14.1. The highest BCUT2D eigenvalue weighted by Crippen LogP contribution is 2.28. The summed E-state index contributed by atoms with van der Waals surface area (Å²) in [7, 11) is 0. The average Bonchev–Trinajstić information content (AvgIpc) is 2.28. The standard InChI is InChI=1S/C12H15ClINO2/c1-4-8-9(6-14)15-7(3)10(11(8)13)12(16)17-5-2/h4-6H2,1-3H3. The maximum absolute atomic E-state index is 11.8. The van der Waals surface area contributed by atoms with E-state index in [1.807, 2.05) is 6.92 Å². The van der Waals surface area contributed by atoms with Crippen LogP contribution in [0.1, 0.15) is 41.2 Å². The molecule has 0 radical (unpaired) electrons. The minimum absolute atomic E-state index is 0.337. The number of aromatic nitrogens is 1. The van der Waals surface area contributed by atoms with Crippen molar-refractivity contribution in [3.63, 3.8) is 0 Å². The van der Waals surface area contributed by atoms with Gasteiger partial charge in [-0.3, -0.25) is 4.98 Å². The van der Waals surface area contributed by atoms with Gasteiger partial charge in [0, 0.05) is 4.43 Å². The molecule has 94 valence electrons. The first-order chi connectivity index (χ1) is 8.06. The van der Waals surface area contributed by atoms with Gasteiger partial charge in [-0.15, -0.1) is 0 Å². The number of alkyl halides is 1. The minimum Gasteiger partial charge on any atom is -0.462 e. The summed E-state index contributed by atoms with van der Waals surface area (Å²) >= 11 is 8.53. The van der Waals surface area contributed by atoms with Gasteiger partial charge in [0.2, 0.25) is 0 Å². The molecule has 3 nitrogen and oxygen atoms in total. The summed E-state index contributed by atoms with van der Waals surface area (Å²) in [4.78, 5) is 16.2. The van der Waals surface area contributed by atoms with Crippen LogP contribution in [0.25, 0.3) is 0 Å². The lowest BCUT2D eigenvalue weighted by Gasteiger charge is -2.13. The van der Waals surface area contributed by atoms with Crippen LogP contribution in [0.4, 0.5) is 0 Å². The number of halogens is 2. The van der Waals surface area contributed by atoms with Crippen LogP contribution in [0.3, 0.4) is 0 Å². The molecular weight excluding hydrogens is 352 g/mol. The molecule has 0 aliphatic carbocycles. The molecule has 1 rings (SSSR count). The Balaban J connectivity index is 3.36. The third kappa shape index (κ3) is 3.10. The molecule has 1 aromatic rings. The van der Waals surface area contributed by atoms with Crippen LogP contribution < -0.4 is 0 Å². The molecule has 1 aromatic heterocycles. The Hall–Kier alpha value is -0.360. The Morgan fingerprint density at radius 2 is 2.12 bits per heavy atom. The molecule has 5 heteroatoms. The van der Waals surface area contributed by atoms with Crippen molar-refractivity contribution in [3.05, 3.63) is 27.5 Å². The van der Waals surface area contributed by atoms with E-state index in [1.165, 1.54) is 0 Å². The predicted octanol–water partition coefficient (Wildman–Crippen LogP) is 3.72. The number of ether oxygens (including phenoxy) is 1. The van der Waals surface area contributed by atoms with Gasteiger partial charge in [0.1, 0.15) is 0 Å². The first-order valence-corrected chi connectivity index (χ1v) is 7.38. The topological polar surface area (TPSA) is 39.2 Å². The van der Waals surface area contributed by atoms with Crippen LogP contribution in [0, 0.1) is 6.92 Å². The SMILES string of the molecule is CCOC(=O)c1c(C)nc(CI)c(CC)c1Cl. The summed E-state index contributed by atoms with van der Waals surface area (Å²) in [5.41, 5.74) is 2.93. The Morgan fingerprint density at radius 3 is 2.59 bits per heavy atom. The summed E-state index contributed by atoms with van der Waals surface area (Å²) in [6.45, 7) is 5.90. The van der Waals surface area contributed by atoms with Crippen LogP contribution in [-0.4, -0.2) is 17.6 Å². The van der Waals surface area contributed by atoms with E-state index in [-0.39, 0.29) is 0 Å². The lowest BCUT2D eigenvalue weighted by Crippen LogP contribution is -2.12. The van der Waals surface area contributed by atoms with Crippen molar-refractivity contribution in [2.45, 2.75) is 31.6 Å². The summed E-state index contributed by atoms with van der Waals surface area (Å²) in [6.07, 6.45) is 0.761. The number of pyridine rings is 1. The van der Waals surface area contributed by atoms with Crippen LogP contribution in [0.5, 0.6) is 0 Å². The van der Waals surface area contributed by atoms with E-state index >= 15 is 0 Å². The van der Waals surface area contributed by atoms with Gasteiger partial charge in [0.25, 0.3) is 0 Å². The second-order valence-corrected chi connectivity index (χ2v) is 4.66. The van der Waals surface area contributed by atoms with Crippen molar-refractivity contribution in [1.29, 1.82) is 0 Å². The molecule has 0 fully saturated rings. The number of aryl methyl sites for hydroxylation is 1. The zero-order valence-electron chi connectivity index (χ0n) is 10.1. The molecule has 0 unspecified atom stereocenters. The summed E-state index contributed by atoms with van der Waals surface area (Å²) < 4.78 is 5.78. The fourth-order valence-electron chi connectivity index (χ4n) is 1.67. The molecule has 0 spiro atoms. The first-order valence-electron chi connectivity index (χ1n) is 5.47. The maximum atomic E-state index is 11.8. The molecule has 0 aromatic carbocycles. The van der Waals surface area contributed by atoms with E-state index in [0.717, 1.165) is 22.1 Å². The summed E-state index contributed by atoms with van der Waals surface area (Å²) in [5.74, 6) is -0.391. The lowest BCUT2D eigenvalue weighted by molar-refractivity contribution is 0.0525. The maximum Gasteiger partial charge on any atom is 0.341 e. The number of carbonyl (C=O) groups is 1. The van der Waals surface area contributed by atoms with Crippen molar-refractivity contribution < 1.29 is 9.53 Å². The Labute approximate surface area is 120 Å². The fraction of sp³-hybridized carbons (Fsp3) is 0.500. The highest BCUT2D eigenvalue weighted by atomic mass is 127. The van der Waals surface area contributed by atoms with Crippen LogP contribution in [0.2, 0.25) is 5.02 Å². The molecule has 0 bridgehead atoms. The number of esters is 1. The first kappa shape index (κ1) is 14.7. The molecule has 0 N–H and O–H groups in total. The second-order valence-electron chi connectivity index (χ2n) is 3.52. The van der Waals surface area contributed by atoms with Gasteiger partial charge in [-0.1, -0.05) is 41.1 Å². The summed E-state index contributed by atoms with van der Waals surface area (Å²) in [5, 5.41) is 0.491. The zero-order chi connectivity index (χ0) is 13.0. The van der Waals surface area contributed by atoms with Gasteiger partial charge in [-0.25, -0.2) is 4.79 Å². The van der Waals surface area contributed by atoms with Crippen molar-refractivity contribution in [1.82, 2.24) is 4.98 Å². The molecule has 17 heavy (non-hydrogen) atoms. The highest BCUT2D eigenvalue weighted by Gasteiger charge is 2.20. The molecule has 0 atom stereocenters. The van der Waals surface area contributed by atoms with Gasteiger partial charge in [0.05, 0.1) is 28.6 Å². The van der Waals surface area contributed by atoms with Gasteiger partial charge in [-0.05, 0) is 25.8 Å². The Morgan fingerprint density at radius 1 is 1.47 bits per heavy atom. The molecule has 1 heterocycles. The smallest absolute Gasteiger partial charge is 0.341 e. The predicted molar refractivity (Wildman–Crippen MR) is 77.0 cm³/mol. The van der Waals surface area contributed by atoms with E-state index in [4.69, 9.17) is 16.3 Å². The molecule has 0 aliphatic heterocycles. The Kier molecular flexibility index (Phi) is 5.66. The van der Waals surface area contributed by atoms with Crippen molar-refractivity contribution in [2.75, 3.05) is 6.61 Å². The van der Waals surface area contributed by atoms with Crippen molar-refractivity contribution >= 4 is 40.2 Å². The number of carbonyl (C=O) groups excluding carboxylic acids is 1. The van der Waals surface area contributed by atoms with Gasteiger partial charge in [-0.2, -0.15) is 0 Å². The van der Waals surface area contributed by atoms with Crippen molar-refractivity contribution in [2.24, 2.45) is 0 Å². The van der Waals surface area contributed by atoms with E-state index in [1.54, 1.807) is 13.8 Å². The zero-order valence-corrected chi connectivity index (χ0v) is 13.1. The third-order valence-corrected chi connectivity index (χ3v) is 3.60. The van der Waals surface area contributed by atoms with E-state index < -0.39 is 5.97 Å². The molecule has 0 saturated heterocycles. The van der Waals surface area contributed by atoms with Crippen LogP contribution in [-0.2, 0) is 15.6 Å². The quantitative estimate of drug-likeness (QED) is 0.462. The molecule has 0 saturated carbocycles. The molecule has 0 amide bonds. The lowest BCUT2D eigenvalue weighted by atomic mass is 10.1. The average molecular weight is 368 g/mol. The van der Waals surface area contributed by atoms with Crippen molar-refractivity contribution in [3.8, 4) is 0 Å². The number of rotatable bonds is 4. The van der Waals surface area contributed by atoms with E-state index in [2.05, 4.69) is 27.6 Å². The fourth-order valence-corrected chi connectivity index (χ4v) is 2.76. The Bertz CT molecular complexity index is 435.